The zero-order chi connectivity index (χ0) is 13.1. The Morgan fingerprint density at radius 2 is 1.82 bits per heavy atom. The molecule has 5 nitrogen and oxygen atoms in total. The van der Waals surface area contributed by atoms with Crippen molar-refractivity contribution >= 4 is 11.9 Å². The summed E-state index contributed by atoms with van der Waals surface area (Å²) in [5.74, 6) is -1.41. The highest BCUT2D eigenvalue weighted by Gasteiger charge is 2.41. The van der Waals surface area contributed by atoms with Crippen molar-refractivity contribution in [3.63, 3.8) is 0 Å². The lowest BCUT2D eigenvalue weighted by atomic mass is 10.0. The molecule has 17 heavy (non-hydrogen) atoms. The smallest absolute Gasteiger partial charge is 0.331 e. The highest BCUT2D eigenvalue weighted by Crippen LogP contribution is 2.47. The maximum absolute atomic E-state index is 11.7. The van der Waals surface area contributed by atoms with Crippen LogP contribution in [0.2, 0.25) is 0 Å². The first kappa shape index (κ1) is 13.7. The van der Waals surface area contributed by atoms with E-state index in [0.717, 1.165) is 12.8 Å². The molecule has 1 rings (SSSR count). The molecule has 0 aliphatic heterocycles. The molecule has 0 spiro atoms. The molecular weight excluding hydrogens is 222 g/mol. The molecule has 0 radical (unpaired) electrons. The topological polar surface area (TPSA) is 86.6 Å². The fourth-order valence-electron chi connectivity index (χ4n) is 1.66. The van der Waals surface area contributed by atoms with Crippen LogP contribution in [-0.2, 0) is 9.59 Å². The van der Waals surface area contributed by atoms with E-state index in [9.17, 15) is 9.59 Å². The normalized spacial score (nSPS) is 18.3. The van der Waals surface area contributed by atoms with Gasteiger partial charge in [-0.3, -0.25) is 4.79 Å². The van der Waals surface area contributed by atoms with Gasteiger partial charge in [0.05, 0.1) is 0 Å². The number of carboxylic acids is 1. The maximum atomic E-state index is 11.7. The lowest BCUT2D eigenvalue weighted by molar-refractivity contribution is -0.133. The van der Waals surface area contributed by atoms with Gasteiger partial charge in [0.15, 0.2) is 0 Å². The van der Waals surface area contributed by atoms with Gasteiger partial charge in [0, 0.05) is 24.3 Å². The van der Waals surface area contributed by atoms with E-state index in [1.54, 1.807) is 0 Å². The van der Waals surface area contributed by atoms with Crippen LogP contribution in [0.3, 0.4) is 0 Å². The Bertz CT molecular complexity index is 356. The largest absolute Gasteiger partial charge is 0.478 e. The van der Waals surface area contributed by atoms with Crippen LogP contribution in [0.1, 0.15) is 33.1 Å². The molecule has 1 saturated carbocycles. The average molecular weight is 241 g/mol. The zero-order valence-electron chi connectivity index (χ0n) is 10.2. The third kappa shape index (κ3) is 3.56. The Balaban J connectivity index is 2.51. The summed E-state index contributed by atoms with van der Waals surface area (Å²) in [7, 11) is 0. The van der Waals surface area contributed by atoms with Crippen LogP contribution < -0.4 is 5.32 Å². The Hall–Kier alpha value is -1.36. The van der Waals surface area contributed by atoms with Crippen molar-refractivity contribution in [3.8, 4) is 0 Å². The standard InChI is InChI=1S/C12H19NO4/c1-8(9(2)11(16)17)10(15)13-7-12(3-4-12)5-6-14/h14H,3-7H2,1-2H3,(H,13,15)(H,16,17). The number of aliphatic hydroxyl groups excluding tert-OH is 1. The summed E-state index contributed by atoms with van der Waals surface area (Å²) < 4.78 is 0. The third-order valence-corrected chi connectivity index (χ3v) is 3.45. The van der Waals surface area contributed by atoms with Crippen molar-refractivity contribution in [2.24, 2.45) is 5.41 Å². The van der Waals surface area contributed by atoms with E-state index in [1.165, 1.54) is 13.8 Å². The third-order valence-electron chi connectivity index (χ3n) is 3.45. The van der Waals surface area contributed by atoms with Crippen molar-refractivity contribution in [2.45, 2.75) is 33.1 Å². The molecule has 0 aromatic heterocycles. The molecule has 0 aromatic rings. The number of nitrogens with one attached hydrogen (secondary N) is 1. The number of carbonyl (C=O) groups is 2. The Morgan fingerprint density at radius 1 is 1.24 bits per heavy atom. The van der Waals surface area contributed by atoms with Gasteiger partial charge < -0.3 is 15.5 Å². The van der Waals surface area contributed by atoms with Gasteiger partial charge in [0.1, 0.15) is 0 Å². The lowest BCUT2D eigenvalue weighted by Crippen LogP contribution is -2.32. The van der Waals surface area contributed by atoms with Crippen molar-refractivity contribution in [3.05, 3.63) is 11.1 Å². The van der Waals surface area contributed by atoms with E-state index in [2.05, 4.69) is 5.32 Å². The minimum atomic E-state index is -1.07. The number of amides is 1. The van der Waals surface area contributed by atoms with Gasteiger partial charge in [-0.25, -0.2) is 4.79 Å². The van der Waals surface area contributed by atoms with Crippen molar-refractivity contribution in [1.29, 1.82) is 0 Å². The fourth-order valence-corrected chi connectivity index (χ4v) is 1.66. The number of hydrogen-bond donors (Lipinski definition) is 3. The molecule has 1 aliphatic carbocycles. The Morgan fingerprint density at radius 3 is 2.24 bits per heavy atom. The molecule has 1 fully saturated rings. The van der Waals surface area contributed by atoms with E-state index in [-0.39, 0.29) is 29.1 Å². The molecular formula is C12H19NO4. The molecule has 0 atom stereocenters. The summed E-state index contributed by atoms with van der Waals surface area (Å²) >= 11 is 0. The van der Waals surface area contributed by atoms with Crippen LogP contribution >= 0.6 is 0 Å². The molecule has 3 N–H and O–H groups in total. The number of carbonyl (C=O) groups excluding carboxylic acids is 1. The quantitative estimate of drug-likeness (QED) is 0.597. The van der Waals surface area contributed by atoms with E-state index in [0.29, 0.717) is 13.0 Å². The predicted molar refractivity (Wildman–Crippen MR) is 62.4 cm³/mol. The second-order valence-corrected chi connectivity index (χ2v) is 4.71. The van der Waals surface area contributed by atoms with Crippen LogP contribution in [-0.4, -0.2) is 35.2 Å². The summed E-state index contributed by atoms with van der Waals surface area (Å²) in [6.45, 7) is 3.55. The van der Waals surface area contributed by atoms with E-state index < -0.39 is 5.97 Å². The number of aliphatic carboxylic acids is 1. The predicted octanol–water partition coefficient (Wildman–Crippen LogP) is 0.686. The van der Waals surface area contributed by atoms with Crippen LogP contribution in [0.4, 0.5) is 0 Å². The first-order valence-electron chi connectivity index (χ1n) is 5.72. The number of aliphatic hydroxyl groups is 1. The average Bonchev–Trinajstić information content (AvgIpc) is 3.04. The van der Waals surface area contributed by atoms with Crippen molar-refractivity contribution in [1.82, 2.24) is 5.32 Å². The summed E-state index contributed by atoms with van der Waals surface area (Å²) in [4.78, 5) is 22.4. The second kappa shape index (κ2) is 5.31. The van der Waals surface area contributed by atoms with E-state index >= 15 is 0 Å². The van der Waals surface area contributed by atoms with Crippen LogP contribution in [0.25, 0.3) is 0 Å². The minimum absolute atomic E-state index is 0.0435. The first-order chi connectivity index (χ1) is 7.92. The van der Waals surface area contributed by atoms with Gasteiger partial charge in [-0.1, -0.05) is 0 Å². The van der Waals surface area contributed by atoms with Crippen LogP contribution in [0.15, 0.2) is 11.1 Å². The van der Waals surface area contributed by atoms with Gasteiger partial charge in [0.25, 0.3) is 0 Å². The molecule has 96 valence electrons. The van der Waals surface area contributed by atoms with Gasteiger partial charge in [-0.05, 0) is 38.5 Å². The van der Waals surface area contributed by atoms with Gasteiger partial charge in [-0.15, -0.1) is 0 Å². The molecule has 0 bridgehead atoms. The number of rotatable bonds is 6. The molecule has 0 aromatic carbocycles. The summed E-state index contributed by atoms with van der Waals surface area (Å²) in [5.41, 5.74) is 0.341. The maximum Gasteiger partial charge on any atom is 0.331 e. The molecule has 0 unspecified atom stereocenters. The minimum Gasteiger partial charge on any atom is -0.478 e. The molecule has 1 aliphatic rings. The number of carboxylic acid groups (broad SMARTS) is 1. The summed E-state index contributed by atoms with van der Waals surface area (Å²) in [6.07, 6.45) is 2.71. The molecule has 0 heterocycles. The van der Waals surface area contributed by atoms with Gasteiger partial charge in [0.2, 0.25) is 5.91 Å². The molecule has 5 heteroatoms. The Kier molecular flexibility index (Phi) is 4.28. The highest BCUT2D eigenvalue weighted by atomic mass is 16.4. The molecule has 0 saturated heterocycles. The lowest BCUT2D eigenvalue weighted by Gasteiger charge is -2.15. The summed E-state index contributed by atoms with van der Waals surface area (Å²) in [6, 6.07) is 0. The fraction of sp³-hybridized carbons (Fsp3) is 0.667. The van der Waals surface area contributed by atoms with Crippen LogP contribution in [0.5, 0.6) is 0 Å². The summed E-state index contributed by atoms with van der Waals surface area (Å²) in [5, 5.41) is 20.4. The first-order valence-corrected chi connectivity index (χ1v) is 5.72. The SMILES string of the molecule is CC(C(=O)O)=C(C)C(=O)NCC1(CCO)CC1. The van der Waals surface area contributed by atoms with E-state index in [1.807, 2.05) is 0 Å². The second-order valence-electron chi connectivity index (χ2n) is 4.71. The highest BCUT2D eigenvalue weighted by molar-refractivity contribution is 6.01. The zero-order valence-corrected chi connectivity index (χ0v) is 10.2. The van der Waals surface area contributed by atoms with Crippen LogP contribution in [0, 0.1) is 5.41 Å². The number of hydrogen-bond acceptors (Lipinski definition) is 3. The Labute approximate surface area is 101 Å². The monoisotopic (exact) mass is 241 g/mol. The van der Waals surface area contributed by atoms with Crippen molar-refractivity contribution < 1.29 is 19.8 Å². The van der Waals surface area contributed by atoms with E-state index in [4.69, 9.17) is 10.2 Å². The van der Waals surface area contributed by atoms with Crippen molar-refractivity contribution in [2.75, 3.05) is 13.2 Å². The van der Waals surface area contributed by atoms with Gasteiger partial charge >= 0.3 is 5.97 Å². The van der Waals surface area contributed by atoms with Gasteiger partial charge in [-0.2, -0.15) is 0 Å². The molecule has 1 amide bonds.